The molecular weight excluding hydrogens is 250 g/mol. The van der Waals surface area contributed by atoms with Crippen LogP contribution < -0.4 is 0 Å². The zero-order chi connectivity index (χ0) is 13.4. The van der Waals surface area contributed by atoms with Crippen molar-refractivity contribution in [3.05, 3.63) is 24.3 Å². The van der Waals surface area contributed by atoms with Crippen LogP contribution in [-0.2, 0) is 10.0 Å². The van der Waals surface area contributed by atoms with Gasteiger partial charge in [-0.3, -0.25) is 0 Å². The second-order valence-electron chi connectivity index (χ2n) is 5.56. The highest BCUT2D eigenvalue weighted by Crippen LogP contribution is 2.37. The van der Waals surface area contributed by atoms with E-state index in [1.54, 1.807) is 37.5 Å². The second-order valence-corrected chi connectivity index (χ2v) is 8.20. The summed E-state index contributed by atoms with van der Waals surface area (Å²) in [5.74, 6) is 0. The molecule has 0 saturated carbocycles. The SMILES string of the molecule is CC(C)(C)S(=O)(=O)N1CCC[C@H]1c1cncnc1. The average molecular weight is 269 g/mol. The number of rotatable bonds is 2. The number of nitrogens with zero attached hydrogens (tertiary/aromatic N) is 3. The summed E-state index contributed by atoms with van der Waals surface area (Å²) < 4.78 is 25.9. The second kappa shape index (κ2) is 4.59. The van der Waals surface area contributed by atoms with Crippen LogP contribution >= 0.6 is 0 Å². The molecule has 18 heavy (non-hydrogen) atoms. The van der Waals surface area contributed by atoms with E-state index in [4.69, 9.17) is 0 Å². The van der Waals surface area contributed by atoms with E-state index in [0.717, 1.165) is 18.4 Å². The van der Waals surface area contributed by atoms with Gasteiger partial charge in [-0.15, -0.1) is 0 Å². The molecule has 0 N–H and O–H groups in total. The van der Waals surface area contributed by atoms with Gasteiger partial charge in [0.05, 0.1) is 10.8 Å². The van der Waals surface area contributed by atoms with Gasteiger partial charge in [0.15, 0.2) is 0 Å². The molecular formula is C12H19N3O2S. The van der Waals surface area contributed by atoms with E-state index in [2.05, 4.69) is 9.97 Å². The first-order valence-electron chi connectivity index (χ1n) is 6.10. The normalized spacial score (nSPS) is 22.3. The van der Waals surface area contributed by atoms with Crippen LogP contribution in [0, 0.1) is 0 Å². The quantitative estimate of drug-likeness (QED) is 0.820. The van der Waals surface area contributed by atoms with E-state index in [9.17, 15) is 8.42 Å². The molecule has 1 aliphatic heterocycles. The smallest absolute Gasteiger partial charge is 0.219 e. The molecule has 0 unspecified atom stereocenters. The van der Waals surface area contributed by atoms with Crippen molar-refractivity contribution in [2.24, 2.45) is 0 Å². The van der Waals surface area contributed by atoms with Crippen molar-refractivity contribution in [3.63, 3.8) is 0 Å². The van der Waals surface area contributed by atoms with Gasteiger partial charge in [0, 0.05) is 24.5 Å². The number of hydrogen-bond donors (Lipinski definition) is 0. The number of aromatic nitrogens is 2. The molecule has 2 rings (SSSR count). The lowest BCUT2D eigenvalue weighted by Crippen LogP contribution is -2.42. The zero-order valence-electron chi connectivity index (χ0n) is 11.0. The minimum Gasteiger partial charge on any atom is -0.244 e. The summed E-state index contributed by atoms with van der Waals surface area (Å²) in [6.45, 7) is 5.79. The molecule has 0 spiro atoms. The highest BCUT2D eigenvalue weighted by atomic mass is 32.2. The van der Waals surface area contributed by atoms with Gasteiger partial charge in [-0.05, 0) is 33.6 Å². The summed E-state index contributed by atoms with van der Waals surface area (Å²) in [6.07, 6.45) is 6.58. The minimum absolute atomic E-state index is 0.115. The first-order chi connectivity index (χ1) is 8.34. The molecule has 1 fully saturated rings. The standard InChI is InChI=1S/C12H19N3O2S/c1-12(2,3)18(16,17)15-6-4-5-11(15)10-7-13-9-14-8-10/h7-9,11H,4-6H2,1-3H3/t11-/m0/s1. The van der Waals surface area contributed by atoms with Crippen LogP contribution in [0.5, 0.6) is 0 Å². The highest BCUT2D eigenvalue weighted by Gasteiger charge is 2.42. The lowest BCUT2D eigenvalue weighted by atomic mass is 10.1. The summed E-state index contributed by atoms with van der Waals surface area (Å²) >= 11 is 0. The summed E-state index contributed by atoms with van der Waals surface area (Å²) in [7, 11) is -3.30. The Labute approximate surface area is 108 Å². The topological polar surface area (TPSA) is 63.2 Å². The van der Waals surface area contributed by atoms with Crippen molar-refractivity contribution in [2.75, 3.05) is 6.54 Å². The van der Waals surface area contributed by atoms with Crippen molar-refractivity contribution in [2.45, 2.75) is 44.4 Å². The lowest BCUT2D eigenvalue weighted by molar-refractivity contribution is 0.380. The van der Waals surface area contributed by atoms with Gasteiger partial charge in [-0.1, -0.05) is 0 Å². The lowest BCUT2D eigenvalue weighted by Gasteiger charge is -2.31. The monoisotopic (exact) mass is 269 g/mol. The van der Waals surface area contributed by atoms with Crippen molar-refractivity contribution >= 4 is 10.0 Å². The summed E-state index contributed by atoms with van der Waals surface area (Å²) in [4.78, 5) is 7.95. The van der Waals surface area contributed by atoms with Crippen LogP contribution in [0.15, 0.2) is 18.7 Å². The third-order valence-electron chi connectivity index (χ3n) is 3.25. The molecule has 0 radical (unpaired) electrons. The van der Waals surface area contributed by atoms with Crippen LogP contribution in [-0.4, -0.2) is 34.0 Å². The maximum absolute atomic E-state index is 12.5. The molecule has 0 aromatic carbocycles. The summed E-state index contributed by atoms with van der Waals surface area (Å²) in [6, 6.07) is -0.115. The fourth-order valence-electron chi connectivity index (χ4n) is 2.20. The maximum atomic E-state index is 12.5. The predicted octanol–water partition coefficient (Wildman–Crippen LogP) is 1.74. The molecule has 5 nitrogen and oxygen atoms in total. The Bertz CT molecular complexity index is 508. The van der Waals surface area contributed by atoms with E-state index in [-0.39, 0.29) is 6.04 Å². The maximum Gasteiger partial charge on any atom is 0.219 e. The molecule has 1 atom stereocenters. The van der Waals surface area contributed by atoms with Gasteiger partial charge < -0.3 is 0 Å². The van der Waals surface area contributed by atoms with Crippen LogP contribution in [0.25, 0.3) is 0 Å². The molecule has 1 saturated heterocycles. The Morgan fingerprint density at radius 3 is 2.44 bits per heavy atom. The van der Waals surface area contributed by atoms with Gasteiger partial charge in [-0.2, -0.15) is 4.31 Å². The van der Waals surface area contributed by atoms with Gasteiger partial charge in [0.25, 0.3) is 0 Å². The van der Waals surface area contributed by atoms with E-state index < -0.39 is 14.8 Å². The molecule has 1 aromatic rings. The van der Waals surface area contributed by atoms with Gasteiger partial charge in [0.1, 0.15) is 6.33 Å². The third-order valence-corrected chi connectivity index (χ3v) is 5.85. The number of sulfonamides is 1. The van der Waals surface area contributed by atoms with Gasteiger partial charge >= 0.3 is 0 Å². The summed E-state index contributed by atoms with van der Waals surface area (Å²) in [5.41, 5.74) is 0.878. The van der Waals surface area contributed by atoms with Crippen molar-refractivity contribution < 1.29 is 8.42 Å². The Balaban J connectivity index is 2.35. The van der Waals surface area contributed by atoms with Crippen LogP contribution in [0.3, 0.4) is 0 Å². The highest BCUT2D eigenvalue weighted by molar-refractivity contribution is 7.90. The Morgan fingerprint density at radius 1 is 1.28 bits per heavy atom. The largest absolute Gasteiger partial charge is 0.244 e. The predicted molar refractivity (Wildman–Crippen MR) is 69.4 cm³/mol. The van der Waals surface area contributed by atoms with Crippen molar-refractivity contribution in [1.29, 1.82) is 0 Å². The molecule has 0 aliphatic carbocycles. The Hall–Kier alpha value is -1.01. The summed E-state index contributed by atoms with van der Waals surface area (Å²) in [5, 5.41) is 0. The first-order valence-corrected chi connectivity index (χ1v) is 7.54. The van der Waals surface area contributed by atoms with Crippen LogP contribution in [0.4, 0.5) is 0 Å². The third kappa shape index (κ3) is 2.27. The van der Waals surface area contributed by atoms with Gasteiger partial charge in [-0.25, -0.2) is 18.4 Å². The van der Waals surface area contributed by atoms with E-state index >= 15 is 0 Å². The van der Waals surface area contributed by atoms with Crippen LogP contribution in [0.1, 0.15) is 45.2 Å². The molecule has 0 bridgehead atoms. The zero-order valence-corrected chi connectivity index (χ0v) is 11.8. The minimum atomic E-state index is -3.30. The van der Waals surface area contributed by atoms with Gasteiger partial charge in [0.2, 0.25) is 10.0 Å². The van der Waals surface area contributed by atoms with Crippen molar-refractivity contribution in [3.8, 4) is 0 Å². The number of hydrogen-bond acceptors (Lipinski definition) is 4. The average Bonchev–Trinajstić information content (AvgIpc) is 2.78. The first kappa shape index (κ1) is 13.4. The molecule has 1 aliphatic rings. The Kier molecular flexibility index (Phi) is 3.42. The van der Waals surface area contributed by atoms with E-state index in [1.165, 1.54) is 6.33 Å². The van der Waals surface area contributed by atoms with E-state index in [0.29, 0.717) is 6.54 Å². The fraction of sp³-hybridized carbons (Fsp3) is 0.667. The molecule has 0 amide bonds. The van der Waals surface area contributed by atoms with Crippen LogP contribution in [0.2, 0.25) is 0 Å². The van der Waals surface area contributed by atoms with Crippen molar-refractivity contribution in [1.82, 2.24) is 14.3 Å². The molecule has 6 heteroatoms. The Morgan fingerprint density at radius 2 is 1.89 bits per heavy atom. The molecule has 100 valence electrons. The molecule has 1 aromatic heterocycles. The molecule has 2 heterocycles. The fourth-order valence-corrected chi connectivity index (χ4v) is 3.83. The van der Waals surface area contributed by atoms with E-state index in [1.807, 2.05) is 0 Å².